The number of ether oxygens (including phenoxy) is 2. The molecule has 2 fully saturated rings. The first-order valence-electron chi connectivity index (χ1n) is 14.3. The Labute approximate surface area is 248 Å². The SMILES string of the molecule is COc1cc(C)c(S(=O)(=O)N(Cc2nc(C(=O)N(C)Cc3ccc(CN4CCC(OC)C4)cc3)co2)C2CC2)c(C)c1. The molecule has 42 heavy (non-hydrogen) atoms. The van der Waals surface area contributed by atoms with Crippen molar-refractivity contribution in [3.8, 4) is 5.75 Å². The number of benzene rings is 2. The number of hydrogen-bond acceptors (Lipinski definition) is 8. The fourth-order valence-corrected chi connectivity index (χ4v) is 7.67. The van der Waals surface area contributed by atoms with Crippen molar-refractivity contribution in [2.75, 3.05) is 34.4 Å². The average Bonchev–Trinajstić information content (AvgIpc) is 3.50. The minimum Gasteiger partial charge on any atom is -0.497 e. The largest absolute Gasteiger partial charge is 0.497 e. The Kier molecular flexibility index (Phi) is 9.03. The van der Waals surface area contributed by atoms with E-state index in [2.05, 4.69) is 22.0 Å². The Morgan fingerprint density at radius 3 is 2.31 bits per heavy atom. The molecular formula is C31H40N4O6S. The van der Waals surface area contributed by atoms with E-state index >= 15 is 0 Å². The smallest absolute Gasteiger partial charge is 0.275 e. The third kappa shape index (κ3) is 6.70. The van der Waals surface area contributed by atoms with Gasteiger partial charge in [0.25, 0.3) is 5.91 Å². The molecule has 1 aliphatic carbocycles. The van der Waals surface area contributed by atoms with Crippen LogP contribution in [0, 0.1) is 13.8 Å². The summed E-state index contributed by atoms with van der Waals surface area (Å²) in [6.45, 7) is 6.75. The third-order valence-corrected chi connectivity index (χ3v) is 10.2. The number of amides is 1. The summed E-state index contributed by atoms with van der Waals surface area (Å²) in [5.74, 6) is 0.507. The van der Waals surface area contributed by atoms with Crippen LogP contribution in [0.1, 0.15) is 57.9 Å². The Balaban J connectivity index is 1.22. The molecule has 1 amide bonds. The molecule has 10 nitrogen and oxygen atoms in total. The van der Waals surface area contributed by atoms with Crippen molar-refractivity contribution in [3.63, 3.8) is 0 Å². The second kappa shape index (κ2) is 12.5. The highest BCUT2D eigenvalue weighted by Gasteiger charge is 2.40. The molecule has 1 unspecified atom stereocenters. The fourth-order valence-electron chi connectivity index (χ4n) is 5.62. The highest BCUT2D eigenvalue weighted by molar-refractivity contribution is 7.89. The van der Waals surface area contributed by atoms with Crippen LogP contribution in [0.3, 0.4) is 0 Å². The zero-order chi connectivity index (χ0) is 30.0. The van der Waals surface area contributed by atoms with Crippen molar-refractivity contribution >= 4 is 15.9 Å². The second-order valence-electron chi connectivity index (χ2n) is 11.4. The summed E-state index contributed by atoms with van der Waals surface area (Å²) in [5, 5.41) is 0. The number of aromatic nitrogens is 1. The van der Waals surface area contributed by atoms with Crippen LogP contribution >= 0.6 is 0 Å². The van der Waals surface area contributed by atoms with Crippen LogP contribution in [0.5, 0.6) is 5.75 Å². The average molecular weight is 597 g/mol. The molecule has 2 aliphatic rings. The summed E-state index contributed by atoms with van der Waals surface area (Å²) in [6, 6.07) is 11.6. The molecule has 0 radical (unpaired) electrons. The number of aryl methyl sites for hydroxylation is 2. The van der Waals surface area contributed by atoms with Gasteiger partial charge in [0, 0.05) is 46.4 Å². The van der Waals surface area contributed by atoms with E-state index < -0.39 is 10.0 Å². The number of carbonyl (C=O) groups is 1. The second-order valence-corrected chi connectivity index (χ2v) is 13.2. The summed E-state index contributed by atoms with van der Waals surface area (Å²) in [4.78, 5) is 21.8. The highest BCUT2D eigenvalue weighted by atomic mass is 32.2. The Hall–Kier alpha value is -3.25. The Bertz CT molecular complexity index is 1490. The van der Waals surface area contributed by atoms with Gasteiger partial charge >= 0.3 is 0 Å². The van der Waals surface area contributed by atoms with Crippen LogP contribution in [-0.4, -0.2) is 79.9 Å². The zero-order valence-corrected chi connectivity index (χ0v) is 25.8. The van der Waals surface area contributed by atoms with Crippen molar-refractivity contribution in [3.05, 3.63) is 76.5 Å². The van der Waals surface area contributed by atoms with Gasteiger partial charge in [-0.2, -0.15) is 4.31 Å². The molecule has 0 spiro atoms. The number of methoxy groups -OCH3 is 2. The molecule has 2 aromatic carbocycles. The van der Waals surface area contributed by atoms with Gasteiger partial charge in [-0.1, -0.05) is 24.3 Å². The monoisotopic (exact) mass is 596 g/mol. The summed E-state index contributed by atoms with van der Waals surface area (Å²) in [6.07, 6.45) is 4.22. The predicted octanol–water partition coefficient (Wildman–Crippen LogP) is 4.15. The molecule has 1 saturated heterocycles. The van der Waals surface area contributed by atoms with Gasteiger partial charge in [0.05, 0.1) is 24.7 Å². The van der Waals surface area contributed by atoms with Gasteiger partial charge in [0.1, 0.15) is 12.0 Å². The van der Waals surface area contributed by atoms with Crippen molar-refractivity contribution < 1.29 is 27.1 Å². The van der Waals surface area contributed by atoms with Crippen LogP contribution in [0.25, 0.3) is 0 Å². The lowest BCUT2D eigenvalue weighted by Crippen LogP contribution is -2.34. The van der Waals surface area contributed by atoms with E-state index in [0.717, 1.165) is 44.5 Å². The zero-order valence-electron chi connectivity index (χ0n) is 25.0. The third-order valence-electron chi connectivity index (χ3n) is 8.01. The molecule has 1 aliphatic heterocycles. The normalized spacial score (nSPS) is 17.6. The summed E-state index contributed by atoms with van der Waals surface area (Å²) < 4.78 is 45.4. The van der Waals surface area contributed by atoms with Gasteiger partial charge in [-0.25, -0.2) is 13.4 Å². The van der Waals surface area contributed by atoms with Crippen LogP contribution < -0.4 is 4.74 Å². The minimum atomic E-state index is -3.83. The Morgan fingerprint density at radius 1 is 1.05 bits per heavy atom. The lowest BCUT2D eigenvalue weighted by Gasteiger charge is -2.23. The van der Waals surface area contributed by atoms with Crippen LogP contribution in [0.4, 0.5) is 0 Å². The first kappa shape index (κ1) is 30.2. The van der Waals surface area contributed by atoms with Gasteiger partial charge in [0.15, 0.2) is 5.69 Å². The summed E-state index contributed by atoms with van der Waals surface area (Å²) >= 11 is 0. The molecule has 1 saturated carbocycles. The number of likely N-dealkylation sites (tertiary alicyclic amines) is 1. The first-order chi connectivity index (χ1) is 20.1. The van der Waals surface area contributed by atoms with Gasteiger partial charge in [-0.3, -0.25) is 9.69 Å². The van der Waals surface area contributed by atoms with Crippen LogP contribution in [0.15, 0.2) is 52.0 Å². The van der Waals surface area contributed by atoms with Gasteiger partial charge < -0.3 is 18.8 Å². The number of sulfonamides is 1. The number of hydrogen-bond donors (Lipinski definition) is 0. The molecule has 0 bridgehead atoms. The molecule has 0 N–H and O–H groups in total. The van der Waals surface area contributed by atoms with E-state index in [9.17, 15) is 13.2 Å². The minimum absolute atomic E-state index is 0.0431. The van der Waals surface area contributed by atoms with Gasteiger partial charge in [-0.05, 0) is 67.5 Å². The lowest BCUT2D eigenvalue weighted by atomic mass is 10.1. The lowest BCUT2D eigenvalue weighted by molar-refractivity contribution is 0.0779. The van der Waals surface area contributed by atoms with E-state index in [1.807, 2.05) is 12.1 Å². The van der Waals surface area contributed by atoms with Crippen molar-refractivity contribution in [2.45, 2.75) is 69.8 Å². The number of rotatable bonds is 12. The Morgan fingerprint density at radius 2 is 1.71 bits per heavy atom. The van der Waals surface area contributed by atoms with E-state index in [0.29, 0.717) is 29.5 Å². The molecule has 1 atom stereocenters. The molecule has 3 aromatic rings. The number of carbonyl (C=O) groups excluding carboxylic acids is 1. The van der Waals surface area contributed by atoms with Gasteiger partial charge in [-0.15, -0.1) is 0 Å². The molecule has 226 valence electrons. The topological polar surface area (TPSA) is 105 Å². The molecule has 1 aromatic heterocycles. The van der Waals surface area contributed by atoms with E-state index in [4.69, 9.17) is 13.9 Å². The molecule has 2 heterocycles. The summed E-state index contributed by atoms with van der Waals surface area (Å²) in [7, 11) is 1.21. The van der Waals surface area contributed by atoms with Crippen molar-refractivity contribution in [2.24, 2.45) is 0 Å². The standard InChI is InChI=1S/C31H40N4O6S/c1-21-14-27(40-5)15-22(2)30(21)42(37,38)35(25-10-11-25)19-29-32-28(20-41-29)31(36)33(3)16-23-6-8-24(9-7-23)17-34-13-12-26(18-34)39-4/h6-9,14-15,20,25-26H,10-13,16-19H2,1-5H3. The predicted molar refractivity (Wildman–Crippen MR) is 158 cm³/mol. The van der Waals surface area contributed by atoms with Crippen LogP contribution in [0.2, 0.25) is 0 Å². The molecule has 5 rings (SSSR count). The fraction of sp³-hybridized carbons (Fsp3) is 0.484. The first-order valence-corrected chi connectivity index (χ1v) is 15.7. The quantitative estimate of drug-likeness (QED) is 0.307. The van der Waals surface area contributed by atoms with Gasteiger partial charge in [0.2, 0.25) is 15.9 Å². The maximum Gasteiger partial charge on any atom is 0.275 e. The number of oxazole rings is 1. The van der Waals surface area contributed by atoms with Crippen LogP contribution in [-0.2, 0) is 34.4 Å². The maximum absolute atomic E-state index is 13.8. The molecule has 11 heteroatoms. The summed E-state index contributed by atoms with van der Waals surface area (Å²) in [5.41, 5.74) is 3.61. The maximum atomic E-state index is 13.8. The van der Waals surface area contributed by atoms with E-state index in [1.165, 1.54) is 16.1 Å². The van der Waals surface area contributed by atoms with E-state index in [1.54, 1.807) is 52.1 Å². The van der Waals surface area contributed by atoms with Crippen molar-refractivity contribution in [1.82, 2.24) is 19.1 Å². The van der Waals surface area contributed by atoms with E-state index in [-0.39, 0.29) is 35.0 Å². The highest BCUT2D eigenvalue weighted by Crippen LogP contribution is 2.36. The number of nitrogens with zero attached hydrogens (tertiary/aromatic N) is 4. The molecular weight excluding hydrogens is 556 g/mol. The van der Waals surface area contributed by atoms with Crippen molar-refractivity contribution in [1.29, 1.82) is 0 Å².